The van der Waals surface area contributed by atoms with Gasteiger partial charge in [0.2, 0.25) is 0 Å². The summed E-state index contributed by atoms with van der Waals surface area (Å²) >= 11 is 0. The molecule has 3 heterocycles. The number of fused-ring (bicyclic) bond motifs is 9. The first kappa shape index (κ1) is 28.4. The van der Waals surface area contributed by atoms with Crippen molar-refractivity contribution in [1.29, 1.82) is 10.5 Å². The zero-order chi connectivity index (χ0) is 34.2. The van der Waals surface area contributed by atoms with Crippen LogP contribution in [-0.2, 0) is 0 Å². The van der Waals surface area contributed by atoms with E-state index in [1.165, 1.54) is 0 Å². The molecule has 0 radical (unpaired) electrons. The van der Waals surface area contributed by atoms with E-state index in [1.807, 2.05) is 54.6 Å². The maximum absolute atomic E-state index is 9.70. The van der Waals surface area contributed by atoms with Gasteiger partial charge >= 0.3 is 0 Å². The number of nitriles is 2. The first-order chi connectivity index (χ1) is 25.1. The van der Waals surface area contributed by atoms with Crippen LogP contribution in [0.1, 0.15) is 11.1 Å². The Morgan fingerprint density at radius 3 is 1.53 bits per heavy atom. The molecule has 0 spiro atoms. The smallest absolute Gasteiger partial charge is 0.188 e. The molecule has 51 heavy (non-hydrogen) atoms. The van der Waals surface area contributed by atoms with Gasteiger partial charge in [0.1, 0.15) is 0 Å². The molecular formula is C45H24N6. The van der Waals surface area contributed by atoms with Crippen LogP contribution in [0.5, 0.6) is 0 Å². The highest BCUT2D eigenvalue weighted by Crippen LogP contribution is 2.41. The van der Waals surface area contributed by atoms with Crippen molar-refractivity contribution in [3.63, 3.8) is 0 Å². The molecule has 10 rings (SSSR count). The van der Waals surface area contributed by atoms with Crippen LogP contribution < -0.4 is 0 Å². The Labute approximate surface area is 291 Å². The van der Waals surface area contributed by atoms with Gasteiger partial charge in [0, 0.05) is 44.0 Å². The molecule has 0 saturated heterocycles. The number of benzene rings is 7. The fourth-order valence-electron chi connectivity index (χ4n) is 7.88. The molecule has 10 aromatic rings. The molecule has 0 unspecified atom stereocenters. The van der Waals surface area contributed by atoms with Gasteiger partial charge in [-0.05, 0) is 102 Å². The summed E-state index contributed by atoms with van der Waals surface area (Å²) < 4.78 is 6.84. The van der Waals surface area contributed by atoms with E-state index in [-0.39, 0.29) is 0 Å². The van der Waals surface area contributed by atoms with Crippen molar-refractivity contribution in [2.24, 2.45) is 0 Å². The third-order valence-corrected chi connectivity index (χ3v) is 10.1. The number of hydrogen-bond donors (Lipinski definition) is 0. The van der Waals surface area contributed by atoms with Crippen molar-refractivity contribution in [2.45, 2.75) is 0 Å². The fraction of sp³-hybridized carbons (Fsp3) is 0. The standard InChI is InChI=1S/C45H24N6/c1-48-30-16-19-43-37(22-30)39-24-38-34-12-5-6-13-40(34)51(44(38)25-45(39)49(43)31-8-3-2-4-9-31)33-11-7-10-32(23-33)50-41-17-14-28(26-46)20-35(41)36-21-29(27-47)15-18-42(36)50/h2-25H. The van der Waals surface area contributed by atoms with E-state index in [0.29, 0.717) is 16.8 Å². The molecule has 0 atom stereocenters. The summed E-state index contributed by atoms with van der Waals surface area (Å²) in [5.41, 5.74) is 11.0. The summed E-state index contributed by atoms with van der Waals surface area (Å²) in [5, 5.41) is 25.7. The quantitative estimate of drug-likeness (QED) is 0.179. The second-order valence-corrected chi connectivity index (χ2v) is 12.8. The third kappa shape index (κ3) is 4.07. The summed E-state index contributed by atoms with van der Waals surface area (Å²) in [4.78, 5) is 3.76. The number of hydrogen-bond acceptors (Lipinski definition) is 2. The van der Waals surface area contributed by atoms with Crippen LogP contribution in [0, 0.1) is 29.2 Å². The van der Waals surface area contributed by atoms with Gasteiger partial charge in [0.15, 0.2) is 5.69 Å². The van der Waals surface area contributed by atoms with Crippen molar-refractivity contribution in [1.82, 2.24) is 13.7 Å². The van der Waals surface area contributed by atoms with Crippen molar-refractivity contribution in [3.8, 4) is 29.2 Å². The highest BCUT2D eigenvalue weighted by molar-refractivity contribution is 6.19. The fourth-order valence-corrected chi connectivity index (χ4v) is 7.88. The van der Waals surface area contributed by atoms with Gasteiger partial charge in [0.05, 0.1) is 62.9 Å². The number of nitrogens with zero attached hydrogens (tertiary/aromatic N) is 6. The minimum Gasteiger partial charge on any atom is -0.309 e. The zero-order valence-electron chi connectivity index (χ0n) is 27.0. The number of rotatable bonds is 3. The zero-order valence-corrected chi connectivity index (χ0v) is 27.0. The Balaban J connectivity index is 1.28. The lowest BCUT2D eigenvalue weighted by atomic mass is 10.1. The van der Waals surface area contributed by atoms with Gasteiger partial charge in [-0.3, -0.25) is 0 Å². The molecule has 0 N–H and O–H groups in total. The van der Waals surface area contributed by atoms with Crippen molar-refractivity contribution in [2.75, 3.05) is 0 Å². The van der Waals surface area contributed by atoms with Crippen LogP contribution in [0.3, 0.4) is 0 Å². The number of aromatic nitrogens is 3. The second kappa shape index (κ2) is 10.7. The van der Waals surface area contributed by atoms with Crippen molar-refractivity contribution >= 4 is 71.1 Å². The van der Waals surface area contributed by atoms with Gasteiger partial charge in [0.25, 0.3) is 0 Å². The van der Waals surface area contributed by atoms with Crippen molar-refractivity contribution in [3.05, 3.63) is 168 Å². The van der Waals surface area contributed by atoms with E-state index >= 15 is 0 Å². The summed E-state index contributed by atoms with van der Waals surface area (Å²) in [5.74, 6) is 0. The summed E-state index contributed by atoms with van der Waals surface area (Å²) in [6, 6.07) is 54.0. The molecule has 0 saturated carbocycles. The predicted molar refractivity (Wildman–Crippen MR) is 205 cm³/mol. The van der Waals surface area contributed by atoms with Crippen LogP contribution in [0.2, 0.25) is 0 Å². The largest absolute Gasteiger partial charge is 0.309 e. The lowest BCUT2D eigenvalue weighted by Gasteiger charge is -2.13. The minimum atomic E-state index is 0.576. The molecule has 0 aliphatic heterocycles. The molecule has 234 valence electrons. The monoisotopic (exact) mass is 648 g/mol. The van der Waals surface area contributed by atoms with E-state index < -0.39 is 0 Å². The van der Waals surface area contributed by atoms with Crippen LogP contribution in [-0.4, -0.2) is 13.7 Å². The average Bonchev–Trinajstić information content (AvgIpc) is 3.81. The molecule has 3 aromatic heterocycles. The van der Waals surface area contributed by atoms with E-state index in [4.69, 9.17) is 6.57 Å². The number of para-hydroxylation sites is 2. The van der Waals surface area contributed by atoms with Crippen LogP contribution in [0.25, 0.3) is 87.3 Å². The van der Waals surface area contributed by atoms with E-state index in [0.717, 1.165) is 82.5 Å². The Kier molecular flexibility index (Phi) is 5.97. The Morgan fingerprint density at radius 1 is 0.392 bits per heavy atom. The Hall–Kier alpha value is -7.59. The van der Waals surface area contributed by atoms with Gasteiger partial charge in [-0.1, -0.05) is 48.5 Å². The molecular weight excluding hydrogens is 625 g/mol. The molecule has 0 aliphatic rings. The molecule has 0 aliphatic carbocycles. The minimum absolute atomic E-state index is 0.576. The highest BCUT2D eigenvalue weighted by Gasteiger charge is 2.20. The molecule has 6 nitrogen and oxygen atoms in total. The first-order valence-corrected chi connectivity index (χ1v) is 16.6. The maximum Gasteiger partial charge on any atom is 0.188 e. The molecule has 0 fully saturated rings. The lowest BCUT2D eigenvalue weighted by Crippen LogP contribution is -1.99. The third-order valence-electron chi connectivity index (χ3n) is 10.1. The molecule has 6 heteroatoms. The van der Waals surface area contributed by atoms with Crippen LogP contribution in [0.4, 0.5) is 5.69 Å². The first-order valence-electron chi connectivity index (χ1n) is 16.6. The highest BCUT2D eigenvalue weighted by atomic mass is 15.0. The average molecular weight is 649 g/mol. The van der Waals surface area contributed by atoms with E-state index in [1.54, 1.807) is 0 Å². The van der Waals surface area contributed by atoms with Gasteiger partial charge in [-0.15, -0.1) is 0 Å². The van der Waals surface area contributed by atoms with Gasteiger partial charge in [-0.2, -0.15) is 10.5 Å². The van der Waals surface area contributed by atoms with E-state index in [9.17, 15) is 10.5 Å². The van der Waals surface area contributed by atoms with E-state index in [2.05, 4.69) is 122 Å². The van der Waals surface area contributed by atoms with Gasteiger partial charge < -0.3 is 13.7 Å². The molecule has 0 bridgehead atoms. The molecule has 0 amide bonds. The normalized spacial score (nSPS) is 11.5. The summed E-state index contributed by atoms with van der Waals surface area (Å²) in [7, 11) is 0. The Bertz CT molecular complexity index is 3150. The topological polar surface area (TPSA) is 66.7 Å². The summed E-state index contributed by atoms with van der Waals surface area (Å²) in [6.45, 7) is 7.72. The van der Waals surface area contributed by atoms with Crippen LogP contribution in [0.15, 0.2) is 146 Å². The second-order valence-electron chi connectivity index (χ2n) is 12.8. The van der Waals surface area contributed by atoms with Gasteiger partial charge in [-0.25, -0.2) is 4.85 Å². The maximum atomic E-state index is 9.70. The van der Waals surface area contributed by atoms with Crippen LogP contribution >= 0.6 is 0 Å². The molecule has 7 aromatic carbocycles. The predicted octanol–water partition coefficient (Wildman–Crippen LogP) is 11.3. The summed E-state index contributed by atoms with van der Waals surface area (Å²) in [6.07, 6.45) is 0. The Morgan fingerprint density at radius 2 is 0.882 bits per heavy atom. The lowest BCUT2D eigenvalue weighted by molar-refractivity contribution is 1.13. The SMILES string of the molecule is [C-]#[N+]c1ccc2c(c1)c1cc3c4ccccc4n(-c4cccc(-n5c6ccc(C#N)cc6c6cc(C#N)ccc65)c4)c3cc1n2-c1ccccc1. The van der Waals surface area contributed by atoms with Crippen molar-refractivity contribution < 1.29 is 0 Å².